The van der Waals surface area contributed by atoms with Gasteiger partial charge in [-0.2, -0.15) is 0 Å². The van der Waals surface area contributed by atoms with Crippen molar-refractivity contribution in [2.24, 2.45) is 40.4 Å². The first-order chi connectivity index (χ1) is 11.3. The average molecular weight is 331 g/mol. The number of hydrogen-bond acceptors (Lipinski definition) is 2. The smallest absolute Gasteiger partial charge is 0.142 e. The SMILES string of the molecule is CC(C)[C@@H]1C[C@@H]2[C@H]3CC=C4C[C@@H](O)CC[C@]4(C)[C@@H]3CC[C@]2(C)C1=O. The zero-order valence-corrected chi connectivity index (χ0v) is 15.8. The predicted molar refractivity (Wildman–Crippen MR) is 96.4 cm³/mol. The van der Waals surface area contributed by atoms with Gasteiger partial charge in [-0.3, -0.25) is 4.79 Å². The van der Waals surface area contributed by atoms with Gasteiger partial charge >= 0.3 is 0 Å². The van der Waals surface area contributed by atoms with Crippen molar-refractivity contribution in [1.82, 2.24) is 0 Å². The van der Waals surface area contributed by atoms with E-state index in [4.69, 9.17) is 0 Å². The standard InChI is InChI=1S/C22H34O2/c1-13(2)17-12-19-16-6-5-14-11-15(23)7-9-21(14,3)18(16)8-10-22(19,4)20(17)24/h5,13,15-19,23H,6-12H2,1-4H3/t15-,16-,17-,18+,19+,21-,22-/m0/s1. The Kier molecular flexibility index (Phi) is 3.81. The molecule has 3 saturated carbocycles. The molecule has 7 atom stereocenters. The molecule has 0 aromatic rings. The summed E-state index contributed by atoms with van der Waals surface area (Å²) < 4.78 is 0. The maximum absolute atomic E-state index is 13.1. The number of aliphatic hydroxyl groups excluding tert-OH is 1. The molecule has 4 aliphatic rings. The Hall–Kier alpha value is -0.630. The van der Waals surface area contributed by atoms with Crippen LogP contribution < -0.4 is 0 Å². The molecule has 3 fully saturated rings. The molecular formula is C22H34O2. The lowest BCUT2D eigenvalue weighted by Gasteiger charge is -2.56. The topological polar surface area (TPSA) is 37.3 Å². The summed E-state index contributed by atoms with van der Waals surface area (Å²) in [7, 11) is 0. The van der Waals surface area contributed by atoms with Crippen molar-refractivity contribution in [3.63, 3.8) is 0 Å². The summed E-state index contributed by atoms with van der Waals surface area (Å²) in [6.07, 6.45) is 9.85. The van der Waals surface area contributed by atoms with Crippen molar-refractivity contribution < 1.29 is 9.90 Å². The minimum atomic E-state index is -0.131. The second kappa shape index (κ2) is 5.43. The van der Waals surface area contributed by atoms with E-state index in [1.165, 1.54) is 12.0 Å². The minimum absolute atomic E-state index is 0.0635. The van der Waals surface area contributed by atoms with Crippen LogP contribution in [0, 0.1) is 40.4 Å². The molecular weight excluding hydrogens is 296 g/mol. The van der Waals surface area contributed by atoms with Crippen LogP contribution in [0.3, 0.4) is 0 Å². The largest absolute Gasteiger partial charge is 0.393 e. The van der Waals surface area contributed by atoms with Crippen molar-refractivity contribution in [3.05, 3.63) is 11.6 Å². The van der Waals surface area contributed by atoms with E-state index in [0.29, 0.717) is 23.5 Å². The predicted octanol–water partition coefficient (Wildman–Crippen LogP) is 4.76. The first-order valence-electron chi connectivity index (χ1n) is 10.2. The lowest BCUT2D eigenvalue weighted by molar-refractivity contribution is -0.135. The van der Waals surface area contributed by atoms with Crippen LogP contribution in [0.4, 0.5) is 0 Å². The number of allylic oxidation sites excluding steroid dienone is 1. The maximum atomic E-state index is 13.1. The molecule has 0 aromatic heterocycles. The van der Waals surface area contributed by atoms with Gasteiger partial charge in [-0.05, 0) is 74.0 Å². The fourth-order valence-electron chi connectivity index (χ4n) is 7.08. The number of ketones is 1. The van der Waals surface area contributed by atoms with Crippen LogP contribution in [0.15, 0.2) is 11.6 Å². The van der Waals surface area contributed by atoms with Crippen molar-refractivity contribution >= 4 is 5.78 Å². The van der Waals surface area contributed by atoms with Crippen molar-refractivity contribution in [2.45, 2.75) is 78.7 Å². The molecule has 2 nitrogen and oxygen atoms in total. The number of hydrogen-bond donors (Lipinski definition) is 1. The first-order valence-corrected chi connectivity index (χ1v) is 10.2. The highest BCUT2D eigenvalue weighted by atomic mass is 16.3. The Morgan fingerprint density at radius 1 is 1.12 bits per heavy atom. The minimum Gasteiger partial charge on any atom is -0.393 e. The van der Waals surface area contributed by atoms with E-state index in [1.54, 1.807) is 0 Å². The molecule has 0 aliphatic heterocycles. The molecule has 0 saturated heterocycles. The highest BCUT2D eigenvalue weighted by Crippen LogP contribution is 2.65. The van der Waals surface area contributed by atoms with Crippen LogP contribution in [0.5, 0.6) is 0 Å². The van der Waals surface area contributed by atoms with Crippen molar-refractivity contribution in [1.29, 1.82) is 0 Å². The Balaban J connectivity index is 1.68. The summed E-state index contributed by atoms with van der Waals surface area (Å²) in [5.74, 6) is 3.32. The number of fused-ring (bicyclic) bond motifs is 5. The van der Waals surface area contributed by atoms with E-state index in [-0.39, 0.29) is 22.9 Å². The van der Waals surface area contributed by atoms with E-state index in [1.807, 2.05) is 0 Å². The van der Waals surface area contributed by atoms with Gasteiger partial charge in [0.25, 0.3) is 0 Å². The molecule has 0 bridgehead atoms. The lowest BCUT2D eigenvalue weighted by atomic mass is 9.48. The zero-order valence-electron chi connectivity index (χ0n) is 15.8. The third-order valence-electron chi connectivity index (χ3n) is 8.68. The lowest BCUT2D eigenvalue weighted by Crippen LogP contribution is -2.50. The van der Waals surface area contributed by atoms with Gasteiger partial charge in [0.2, 0.25) is 0 Å². The highest BCUT2D eigenvalue weighted by Gasteiger charge is 2.61. The molecule has 24 heavy (non-hydrogen) atoms. The summed E-state index contributed by atoms with van der Waals surface area (Å²) in [5, 5.41) is 10.1. The van der Waals surface area contributed by atoms with Gasteiger partial charge in [0.1, 0.15) is 5.78 Å². The second-order valence-corrected chi connectivity index (χ2v) is 10.1. The van der Waals surface area contributed by atoms with Gasteiger partial charge in [-0.1, -0.05) is 39.3 Å². The van der Waals surface area contributed by atoms with Crippen LogP contribution in [0.2, 0.25) is 0 Å². The Morgan fingerprint density at radius 2 is 1.83 bits per heavy atom. The van der Waals surface area contributed by atoms with E-state index in [9.17, 15) is 9.90 Å². The summed E-state index contributed by atoms with van der Waals surface area (Å²) in [5.41, 5.74) is 1.74. The number of Topliss-reactive ketones (excluding diaryl/α,β-unsaturated/α-hetero) is 1. The van der Waals surface area contributed by atoms with E-state index in [2.05, 4.69) is 33.8 Å². The molecule has 0 radical (unpaired) electrons. The number of carbonyl (C=O) groups is 1. The van der Waals surface area contributed by atoms with Crippen LogP contribution in [-0.2, 0) is 4.79 Å². The number of rotatable bonds is 1. The summed E-state index contributed by atoms with van der Waals surface area (Å²) >= 11 is 0. The van der Waals surface area contributed by atoms with Crippen molar-refractivity contribution in [2.75, 3.05) is 0 Å². The average Bonchev–Trinajstić information content (AvgIpc) is 2.80. The molecule has 1 N–H and O–H groups in total. The molecule has 0 amide bonds. The van der Waals surface area contributed by atoms with Gasteiger partial charge in [-0.15, -0.1) is 0 Å². The van der Waals surface area contributed by atoms with Crippen LogP contribution in [0.1, 0.15) is 72.6 Å². The highest BCUT2D eigenvalue weighted by molar-refractivity contribution is 5.89. The summed E-state index contributed by atoms with van der Waals surface area (Å²) in [6, 6.07) is 0. The van der Waals surface area contributed by atoms with Gasteiger partial charge < -0.3 is 5.11 Å². The summed E-state index contributed by atoms with van der Waals surface area (Å²) in [6.45, 7) is 9.19. The fraction of sp³-hybridized carbons (Fsp3) is 0.864. The molecule has 4 aliphatic carbocycles. The van der Waals surface area contributed by atoms with Crippen LogP contribution >= 0.6 is 0 Å². The summed E-state index contributed by atoms with van der Waals surface area (Å²) in [4.78, 5) is 13.1. The first kappa shape index (κ1) is 16.8. The quantitative estimate of drug-likeness (QED) is 0.704. The monoisotopic (exact) mass is 330 g/mol. The van der Waals surface area contributed by atoms with Crippen LogP contribution in [0.25, 0.3) is 0 Å². The fourth-order valence-corrected chi connectivity index (χ4v) is 7.08. The Bertz CT molecular complexity index is 577. The third-order valence-corrected chi connectivity index (χ3v) is 8.68. The van der Waals surface area contributed by atoms with Gasteiger partial charge in [0.15, 0.2) is 0 Å². The van der Waals surface area contributed by atoms with Gasteiger partial charge in [0, 0.05) is 11.3 Å². The molecule has 4 rings (SSSR count). The third kappa shape index (κ3) is 2.14. The molecule has 2 heteroatoms. The Labute approximate surface area is 147 Å². The van der Waals surface area contributed by atoms with Gasteiger partial charge in [-0.25, -0.2) is 0 Å². The van der Waals surface area contributed by atoms with E-state index < -0.39 is 0 Å². The normalized spacial score (nSPS) is 51.0. The molecule has 134 valence electrons. The Morgan fingerprint density at radius 3 is 2.54 bits per heavy atom. The zero-order chi connectivity index (χ0) is 17.3. The number of carbonyl (C=O) groups excluding carboxylic acids is 1. The second-order valence-electron chi connectivity index (χ2n) is 10.1. The van der Waals surface area contributed by atoms with E-state index >= 15 is 0 Å². The molecule has 0 aromatic carbocycles. The van der Waals surface area contributed by atoms with E-state index in [0.717, 1.165) is 44.4 Å². The molecule has 0 spiro atoms. The molecule has 0 heterocycles. The maximum Gasteiger partial charge on any atom is 0.142 e. The molecule has 0 unspecified atom stereocenters. The van der Waals surface area contributed by atoms with Crippen LogP contribution in [-0.4, -0.2) is 17.0 Å². The van der Waals surface area contributed by atoms with Crippen molar-refractivity contribution in [3.8, 4) is 0 Å². The van der Waals surface area contributed by atoms with Gasteiger partial charge in [0.05, 0.1) is 6.10 Å². The number of aliphatic hydroxyl groups is 1.